The van der Waals surface area contributed by atoms with E-state index in [1.54, 1.807) is 14.2 Å². The summed E-state index contributed by atoms with van der Waals surface area (Å²) in [4.78, 5) is 19.1. The number of benzene rings is 3. The summed E-state index contributed by atoms with van der Waals surface area (Å²) in [7, 11) is 3.29. The van der Waals surface area contributed by atoms with Crippen LogP contribution >= 0.6 is 0 Å². The van der Waals surface area contributed by atoms with Gasteiger partial charge < -0.3 is 24.7 Å². The Morgan fingerprint density at radius 1 is 1.03 bits per heavy atom. The van der Waals surface area contributed by atoms with Crippen molar-refractivity contribution in [3.8, 4) is 11.5 Å². The molecule has 1 aliphatic rings. The molecule has 3 aromatic carbocycles. The zero-order valence-electron chi connectivity index (χ0n) is 19.0. The van der Waals surface area contributed by atoms with E-state index in [9.17, 15) is 4.79 Å². The maximum absolute atomic E-state index is 13.6. The summed E-state index contributed by atoms with van der Waals surface area (Å²) < 4.78 is 10.9. The van der Waals surface area contributed by atoms with Crippen molar-refractivity contribution in [2.24, 2.45) is 0 Å². The predicted octanol–water partition coefficient (Wildman–Crippen LogP) is 5.67. The van der Waals surface area contributed by atoms with E-state index in [2.05, 4.69) is 28.5 Å². The van der Waals surface area contributed by atoms with Crippen LogP contribution in [0.2, 0.25) is 0 Å². The molecular formula is C27H27N3O3. The van der Waals surface area contributed by atoms with E-state index >= 15 is 0 Å². The van der Waals surface area contributed by atoms with Gasteiger partial charge in [-0.05, 0) is 60.4 Å². The van der Waals surface area contributed by atoms with Crippen molar-refractivity contribution in [3.63, 3.8) is 0 Å². The fourth-order valence-electron chi connectivity index (χ4n) is 4.70. The van der Waals surface area contributed by atoms with Gasteiger partial charge in [-0.25, -0.2) is 4.79 Å². The second-order valence-electron chi connectivity index (χ2n) is 8.32. The molecule has 1 aromatic heterocycles. The lowest BCUT2D eigenvalue weighted by Crippen LogP contribution is -2.43. The first-order valence-corrected chi connectivity index (χ1v) is 11.0. The van der Waals surface area contributed by atoms with Gasteiger partial charge in [0.2, 0.25) is 0 Å². The molecule has 0 saturated carbocycles. The van der Waals surface area contributed by atoms with Gasteiger partial charge in [-0.3, -0.25) is 0 Å². The summed E-state index contributed by atoms with van der Waals surface area (Å²) in [5.41, 5.74) is 6.10. The molecule has 1 unspecified atom stereocenters. The average Bonchev–Trinajstić information content (AvgIpc) is 3.22. The number of fused-ring (bicyclic) bond motifs is 3. The highest BCUT2D eigenvalue weighted by atomic mass is 16.5. The van der Waals surface area contributed by atoms with Gasteiger partial charge in [0, 0.05) is 23.1 Å². The SMILES string of the molecule is COc1ccc2[nH]c3c(c2c1)CCN(C(=O)Nc1cc(C)ccc1OC)C3c1ccccc1. The lowest BCUT2D eigenvalue weighted by atomic mass is 9.92. The topological polar surface area (TPSA) is 66.6 Å². The van der Waals surface area contributed by atoms with Crippen molar-refractivity contribution in [3.05, 3.63) is 89.1 Å². The predicted molar refractivity (Wildman–Crippen MR) is 130 cm³/mol. The minimum atomic E-state index is -0.232. The van der Waals surface area contributed by atoms with E-state index in [0.717, 1.165) is 39.9 Å². The van der Waals surface area contributed by atoms with Gasteiger partial charge in [0.25, 0.3) is 0 Å². The van der Waals surface area contributed by atoms with Gasteiger partial charge in [0.15, 0.2) is 0 Å². The number of nitrogens with zero attached hydrogens (tertiary/aromatic N) is 1. The number of rotatable bonds is 4. The van der Waals surface area contributed by atoms with E-state index in [0.29, 0.717) is 18.0 Å². The number of aryl methyl sites for hydroxylation is 1. The number of hydrogen-bond acceptors (Lipinski definition) is 3. The molecule has 1 atom stereocenters. The van der Waals surface area contributed by atoms with Crippen LogP contribution in [0.3, 0.4) is 0 Å². The Morgan fingerprint density at radius 3 is 2.61 bits per heavy atom. The molecule has 168 valence electrons. The third kappa shape index (κ3) is 3.78. The quantitative estimate of drug-likeness (QED) is 0.429. The summed E-state index contributed by atoms with van der Waals surface area (Å²) in [6.45, 7) is 2.59. The van der Waals surface area contributed by atoms with E-state index in [4.69, 9.17) is 9.47 Å². The molecule has 0 fully saturated rings. The Morgan fingerprint density at radius 2 is 1.85 bits per heavy atom. The minimum absolute atomic E-state index is 0.158. The van der Waals surface area contributed by atoms with E-state index < -0.39 is 0 Å². The first-order chi connectivity index (χ1) is 16.1. The average molecular weight is 442 g/mol. The van der Waals surface area contributed by atoms with Gasteiger partial charge in [-0.1, -0.05) is 36.4 Å². The highest BCUT2D eigenvalue weighted by Gasteiger charge is 2.35. The molecule has 2 heterocycles. The van der Waals surface area contributed by atoms with Crippen LogP contribution in [0.25, 0.3) is 10.9 Å². The molecule has 0 radical (unpaired) electrons. The highest BCUT2D eigenvalue weighted by molar-refractivity contribution is 5.93. The van der Waals surface area contributed by atoms with Crippen molar-refractivity contribution >= 4 is 22.6 Å². The molecule has 2 N–H and O–H groups in total. The Bertz CT molecular complexity index is 1310. The summed E-state index contributed by atoms with van der Waals surface area (Å²) in [6.07, 6.45) is 0.754. The lowest BCUT2D eigenvalue weighted by Gasteiger charge is -2.36. The van der Waals surface area contributed by atoms with E-state index in [1.165, 1.54) is 5.56 Å². The fraction of sp³-hybridized carbons (Fsp3) is 0.222. The summed E-state index contributed by atoms with van der Waals surface area (Å²) >= 11 is 0. The Hall–Kier alpha value is -3.93. The number of hydrogen-bond donors (Lipinski definition) is 2. The second-order valence-corrected chi connectivity index (χ2v) is 8.32. The van der Waals surface area contributed by atoms with Gasteiger partial charge >= 0.3 is 6.03 Å². The largest absolute Gasteiger partial charge is 0.497 e. The third-order valence-corrected chi connectivity index (χ3v) is 6.31. The standard InChI is InChI=1S/C27H27N3O3/c1-17-9-12-24(33-3)23(15-17)29-27(31)30-14-13-20-21-16-19(32-2)10-11-22(21)28-25(20)26(30)18-7-5-4-6-8-18/h4-12,15-16,26,28H,13-14H2,1-3H3,(H,29,31). The zero-order chi connectivity index (χ0) is 22.9. The van der Waals surface area contributed by atoms with Gasteiger partial charge in [0.1, 0.15) is 11.5 Å². The van der Waals surface area contributed by atoms with Crippen molar-refractivity contribution < 1.29 is 14.3 Å². The normalized spacial score (nSPS) is 15.2. The number of H-pyrrole nitrogens is 1. The van der Waals surface area contributed by atoms with Crippen molar-refractivity contribution in [1.29, 1.82) is 0 Å². The molecule has 0 spiro atoms. The molecule has 4 aromatic rings. The zero-order valence-corrected chi connectivity index (χ0v) is 19.0. The van der Waals surface area contributed by atoms with Crippen molar-refractivity contribution in [2.75, 3.05) is 26.1 Å². The van der Waals surface area contributed by atoms with Crippen molar-refractivity contribution in [2.45, 2.75) is 19.4 Å². The number of amides is 2. The molecular weight excluding hydrogens is 414 g/mol. The molecule has 1 aliphatic heterocycles. The maximum atomic E-state index is 13.6. The molecule has 0 aliphatic carbocycles. The molecule has 2 amide bonds. The van der Waals surface area contributed by atoms with Crippen LogP contribution in [0.4, 0.5) is 10.5 Å². The molecule has 33 heavy (non-hydrogen) atoms. The van der Waals surface area contributed by atoms with Crippen LogP contribution in [0.5, 0.6) is 11.5 Å². The van der Waals surface area contributed by atoms with Crippen LogP contribution in [0, 0.1) is 6.92 Å². The number of carbonyl (C=O) groups excluding carboxylic acids is 1. The summed E-state index contributed by atoms with van der Waals surface area (Å²) in [5, 5.41) is 4.23. The van der Waals surface area contributed by atoms with Gasteiger partial charge in [-0.2, -0.15) is 0 Å². The molecule has 5 rings (SSSR count). The number of nitrogens with one attached hydrogen (secondary N) is 2. The number of ether oxygens (including phenoxy) is 2. The Kier molecular flexibility index (Phi) is 5.42. The number of carbonyl (C=O) groups is 1. The minimum Gasteiger partial charge on any atom is -0.497 e. The Balaban J connectivity index is 1.57. The Labute approximate surface area is 193 Å². The van der Waals surface area contributed by atoms with Crippen LogP contribution < -0.4 is 14.8 Å². The van der Waals surface area contributed by atoms with Crippen LogP contribution in [-0.4, -0.2) is 36.7 Å². The lowest BCUT2D eigenvalue weighted by molar-refractivity contribution is 0.193. The number of anilines is 1. The fourth-order valence-corrected chi connectivity index (χ4v) is 4.70. The van der Waals surface area contributed by atoms with Gasteiger partial charge in [0.05, 0.1) is 25.9 Å². The number of methoxy groups -OCH3 is 2. The first kappa shape index (κ1) is 20.9. The molecule has 6 heteroatoms. The van der Waals surface area contributed by atoms with Crippen LogP contribution in [-0.2, 0) is 6.42 Å². The number of aromatic amines is 1. The number of urea groups is 1. The molecule has 0 saturated heterocycles. The first-order valence-electron chi connectivity index (χ1n) is 11.0. The maximum Gasteiger partial charge on any atom is 0.322 e. The summed E-state index contributed by atoms with van der Waals surface area (Å²) in [5.74, 6) is 1.47. The van der Waals surface area contributed by atoms with Gasteiger partial charge in [-0.15, -0.1) is 0 Å². The molecule has 6 nitrogen and oxygen atoms in total. The second kappa shape index (κ2) is 8.54. The monoisotopic (exact) mass is 441 g/mol. The third-order valence-electron chi connectivity index (χ3n) is 6.31. The smallest absolute Gasteiger partial charge is 0.322 e. The van der Waals surface area contributed by atoms with Crippen LogP contribution in [0.15, 0.2) is 66.7 Å². The summed E-state index contributed by atoms with van der Waals surface area (Å²) in [6, 6.07) is 21.6. The number of aromatic nitrogens is 1. The molecule has 0 bridgehead atoms. The van der Waals surface area contributed by atoms with Crippen molar-refractivity contribution in [1.82, 2.24) is 9.88 Å². The van der Waals surface area contributed by atoms with Crippen LogP contribution in [0.1, 0.15) is 28.4 Å². The van der Waals surface area contributed by atoms with E-state index in [-0.39, 0.29) is 12.1 Å². The van der Waals surface area contributed by atoms with E-state index in [1.807, 2.05) is 60.4 Å². The highest BCUT2D eigenvalue weighted by Crippen LogP contribution is 2.40.